The van der Waals surface area contributed by atoms with Crippen molar-refractivity contribution in [3.8, 4) is 0 Å². The average Bonchev–Trinajstić information content (AvgIpc) is 3.05. The molecular formula is C18H15FN2O3. The van der Waals surface area contributed by atoms with Gasteiger partial charge in [-0.2, -0.15) is 0 Å². The highest BCUT2D eigenvalue weighted by Gasteiger charge is 2.30. The molecule has 0 fully saturated rings. The Balaban J connectivity index is 1.63. The van der Waals surface area contributed by atoms with Gasteiger partial charge in [-0.05, 0) is 37.3 Å². The Morgan fingerprint density at radius 2 is 1.88 bits per heavy atom. The van der Waals surface area contributed by atoms with Crippen LogP contribution in [0.5, 0.6) is 0 Å². The number of nitrogens with one attached hydrogen (secondary N) is 1. The minimum atomic E-state index is -0.813. The molecule has 2 aromatic rings. The molecule has 0 aliphatic carbocycles. The van der Waals surface area contributed by atoms with Gasteiger partial charge in [0.15, 0.2) is 5.78 Å². The average molecular weight is 326 g/mol. The van der Waals surface area contributed by atoms with Crippen LogP contribution >= 0.6 is 0 Å². The number of rotatable bonds is 4. The van der Waals surface area contributed by atoms with E-state index < -0.39 is 11.9 Å². The molecule has 1 atom stereocenters. The molecule has 1 amide bonds. The van der Waals surface area contributed by atoms with Crippen molar-refractivity contribution in [1.29, 1.82) is 0 Å². The standard InChI is InChI=1S/C18H15FN2O3/c1-11(22)12-6-8-13(9-7-12)20-18(23)17-10-16(21-24-17)14-4-2-3-5-15(14)19/h2-9,17H,10H2,1H3,(H,20,23)/t17-/m0/s1. The van der Waals surface area contributed by atoms with Gasteiger partial charge in [0.25, 0.3) is 5.91 Å². The monoisotopic (exact) mass is 326 g/mol. The van der Waals surface area contributed by atoms with Crippen molar-refractivity contribution in [3.63, 3.8) is 0 Å². The summed E-state index contributed by atoms with van der Waals surface area (Å²) in [5, 5.41) is 6.51. The summed E-state index contributed by atoms with van der Waals surface area (Å²) in [6.45, 7) is 1.47. The van der Waals surface area contributed by atoms with Crippen LogP contribution in [-0.4, -0.2) is 23.5 Å². The van der Waals surface area contributed by atoms with E-state index in [2.05, 4.69) is 10.5 Å². The molecule has 1 N–H and O–H groups in total. The molecule has 0 aromatic heterocycles. The first-order valence-corrected chi connectivity index (χ1v) is 7.44. The van der Waals surface area contributed by atoms with Crippen molar-refractivity contribution in [2.24, 2.45) is 5.16 Å². The van der Waals surface area contributed by atoms with Crippen LogP contribution in [0.3, 0.4) is 0 Å². The summed E-state index contributed by atoms with van der Waals surface area (Å²) in [5.74, 6) is -0.823. The maximum atomic E-state index is 13.8. The Morgan fingerprint density at radius 3 is 2.54 bits per heavy atom. The molecule has 0 bridgehead atoms. The lowest BCUT2D eigenvalue weighted by molar-refractivity contribution is -0.125. The zero-order valence-electron chi connectivity index (χ0n) is 13.0. The van der Waals surface area contributed by atoms with Crippen LogP contribution in [0.1, 0.15) is 29.3 Å². The Morgan fingerprint density at radius 1 is 1.17 bits per heavy atom. The van der Waals surface area contributed by atoms with Crippen LogP contribution < -0.4 is 5.32 Å². The van der Waals surface area contributed by atoms with Gasteiger partial charge in [0.1, 0.15) is 5.82 Å². The highest BCUT2D eigenvalue weighted by atomic mass is 19.1. The first kappa shape index (κ1) is 15.9. The summed E-state index contributed by atoms with van der Waals surface area (Å²) < 4.78 is 13.8. The zero-order valence-corrected chi connectivity index (χ0v) is 13.0. The van der Waals surface area contributed by atoms with E-state index in [1.54, 1.807) is 42.5 Å². The number of Topliss-reactive ketones (excluding diaryl/α,β-unsaturated/α-hetero) is 1. The largest absolute Gasteiger partial charge is 0.382 e. The number of hydrogen-bond acceptors (Lipinski definition) is 4. The number of anilines is 1. The Bertz CT molecular complexity index is 815. The molecule has 122 valence electrons. The Labute approximate surface area is 138 Å². The fourth-order valence-corrected chi connectivity index (χ4v) is 2.38. The second kappa shape index (κ2) is 6.62. The fraction of sp³-hybridized carbons (Fsp3) is 0.167. The fourth-order valence-electron chi connectivity index (χ4n) is 2.38. The minimum absolute atomic E-state index is 0.0464. The zero-order chi connectivity index (χ0) is 17.1. The molecule has 6 heteroatoms. The molecule has 0 spiro atoms. The van der Waals surface area contributed by atoms with Crippen molar-refractivity contribution < 1.29 is 18.8 Å². The summed E-state index contributed by atoms with van der Waals surface area (Å²) in [6.07, 6.45) is -0.620. The number of benzene rings is 2. The van der Waals surface area contributed by atoms with Crippen LogP contribution in [0.15, 0.2) is 53.7 Å². The summed E-state index contributed by atoms with van der Waals surface area (Å²) in [6, 6.07) is 12.8. The molecule has 0 saturated carbocycles. The van der Waals surface area contributed by atoms with E-state index in [-0.39, 0.29) is 18.1 Å². The topological polar surface area (TPSA) is 67.8 Å². The molecule has 0 unspecified atom stereocenters. The van der Waals surface area contributed by atoms with Gasteiger partial charge in [-0.15, -0.1) is 0 Å². The quantitative estimate of drug-likeness (QED) is 0.878. The van der Waals surface area contributed by atoms with E-state index in [9.17, 15) is 14.0 Å². The maximum Gasteiger partial charge on any atom is 0.268 e. The van der Waals surface area contributed by atoms with Gasteiger partial charge in [0, 0.05) is 23.2 Å². The smallest absolute Gasteiger partial charge is 0.268 e. The Kier molecular flexibility index (Phi) is 4.37. The van der Waals surface area contributed by atoms with E-state index in [4.69, 9.17) is 4.84 Å². The Hall–Kier alpha value is -3.02. The molecule has 1 heterocycles. The number of carbonyl (C=O) groups is 2. The second-order valence-corrected chi connectivity index (χ2v) is 5.44. The third-order valence-electron chi connectivity index (χ3n) is 3.71. The highest BCUT2D eigenvalue weighted by molar-refractivity contribution is 6.06. The summed E-state index contributed by atoms with van der Waals surface area (Å²) in [4.78, 5) is 28.6. The predicted molar refractivity (Wildman–Crippen MR) is 87.5 cm³/mol. The number of nitrogens with zero attached hydrogens (tertiary/aromatic N) is 1. The van der Waals surface area contributed by atoms with Crippen LogP contribution in [0.2, 0.25) is 0 Å². The number of amides is 1. The van der Waals surface area contributed by atoms with E-state index in [1.165, 1.54) is 13.0 Å². The summed E-state index contributed by atoms with van der Waals surface area (Å²) >= 11 is 0. The number of hydrogen-bond donors (Lipinski definition) is 1. The van der Waals surface area contributed by atoms with E-state index in [1.807, 2.05) is 0 Å². The lowest BCUT2D eigenvalue weighted by atomic mass is 10.0. The van der Waals surface area contributed by atoms with Gasteiger partial charge < -0.3 is 10.2 Å². The lowest BCUT2D eigenvalue weighted by Gasteiger charge is -2.09. The molecule has 5 nitrogen and oxygen atoms in total. The minimum Gasteiger partial charge on any atom is -0.382 e. The van der Waals surface area contributed by atoms with Crippen LogP contribution in [0, 0.1) is 5.82 Å². The SMILES string of the molecule is CC(=O)c1ccc(NC(=O)[C@@H]2CC(c3ccccc3F)=NO2)cc1. The summed E-state index contributed by atoms with van der Waals surface area (Å²) in [7, 11) is 0. The van der Waals surface area contributed by atoms with Gasteiger partial charge in [-0.3, -0.25) is 9.59 Å². The molecule has 1 aliphatic rings. The number of oxime groups is 1. The first-order chi connectivity index (χ1) is 11.5. The molecule has 2 aromatic carbocycles. The van der Waals surface area contributed by atoms with Gasteiger partial charge in [0.05, 0.1) is 5.71 Å². The van der Waals surface area contributed by atoms with Crippen molar-refractivity contribution in [2.45, 2.75) is 19.4 Å². The first-order valence-electron chi connectivity index (χ1n) is 7.44. The van der Waals surface area contributed by atoms with E-state index in [0.717, 1.165) is 0 Å². The maximum absolute atomic E-state index is 13.8. The normalized spacial score (nSPS) is 16.2. The predicted octanol–water partition coefficient (Wildman–Crippen LogP) is 3.16. The summed E-state index contributed by atoms with van der Waals surface area (Å²) in [5.41, 5.74) is 1.85. The van der Waals surface area contributed by atoms with Crippen molar-refractivity contribution in [1.82, 2.24) is 0 Å². The second-order valence-electron chi connectivity index (χ2n) is 5.44. The molecular weight excluding hydrogens is 311 g/mol. The van der Waals surface area contributed by atoms with Crippen molar-refractivity contribution in [3.05, 3.63) is 65.5 Å². The van der Waals surface area contributed by atoms with Crippen molar-refractivity contribution in [2.75, 3.05) is 5.32 Å². The molecule has 0 radical (unpaired) electrons. The highest BCUT2D eigenvalue weighted by Crippen LogP contribution is 2.20. The molecule has 24 heavy (non-hydrogen) atoms. The number of ketones is 1. The third-order valence-corrected chi connectivity index (χ3v) is 3.71. The third kappa shape index (κ3) is 3.32. The van der Waals surface area contributed by atoms with Crippen LogP contribution in [0.4, 0.5) is 10.1 Å². The van der Waals surface area contributed by atoms with Crippen LogP contribution in [-0.2, 0) is 9.63 Å². The van der Waals surface area contributed by atoms with E-state index in [0.29, 0.717) is 22.5 Å². The van der Waals surface area contributed by atoms with E-state index >= 15 is 0 Å². The molecule has 0 saturated heterocycles. The van der Waals surface area contributed by atoms with Crippen LogP contribution in [0.25, 0.3) is 0 Å². The molecule has 1 aliphatic heterocycles. The van der Waals surface area contributed by atoms with Gasteiger partial charge in [-0.1, -0.05) is 23.4 Å². The van der Waals surface area contributed by atoms with Crippen molar-refractivity contribution >= 4 is 23.1 Å². The lowest BCUT2D eigenvalue weighted by Crippen LogP contribution is -2.28. The number of carbonyl (C=O) groups excluding carboxylic acids is 2. The van der Waals surface area contributed by atoms with Gasteiger partial charge in [0.2, 0.25) is 6.10 Å². The van der Waals surface area contributed by atoms with Gasteiger partial charge >= 0.3 is 0 Å². The number of halogens is 1. The molecule has 3 rings (SSSR count). The van der Waals surface area contributed by atoms with Gasteiger partial charge in [-0.25, -0.2) is 4.39 Å².